The van der Waals surface area contributed by atoms with Gasteiger partial charge < -0.3 is 10.2 Å². The molecule has 0 radical (unpaired) electrons. The van der Waals surface area contributed by atoms with E-state index in [2.05, 4.69) is 10.5 Å². The molecule has 3 aromatic rings. The first-order valence-corrected chi connectivity index (χ1v) is 9.59. The number of rotatable bonds is 6. The number of aromatic nitrogens is 1. The van der Waals surface area contributed by atoms with E-state index in [9.17, 15) is 23.1 Å². The minimum atomic E-state index is -4.55. The Morgan fingerprint density at radius 2 is 1.94 bits per heavy atom. The fourth-order valence-corrected chi connectivity index (χ4v) is 3.33. The fraction of sp³-hybridized carbons (Fsp3) is 0.273. The maximum absolute atomic E-state index is 13.3. The molecule has 0 atom stereocenters. The van der Waals surface area contributed by atoms with Crippen LogP contribution in [0.4, 0.5) is 13.2 Å². The summed E-state index contributed by atoms with van der Waals surface area (Å²) in [5.41, 5.74) is 3.46. The normalized spacial score (nSPS) is 12.4. The van der Waals surface area contributed by atoms with Crippen LogP contribution >= 0.6 is 0 Å². The first-order chi connectivity index (χ1) is 14.6. The molecule has 0 spiro atoms. The van der Waals surface area contributed by atoms with Crippen LogP contribution in [-0.2, 0) is 11.0 Å². The smallest absolute Gasteiger partial charge is 0.416 e. The first kappa shape index (κ1) is 22.4. The van der Waals surface area contributed by atoms with Gasteiger partial charge in [0.25, 0.3) is 0 Å². The average Bonchev–Trinajstić information content (AvgIpc) is 3.00. The molecule has 0 bridgehead atoms. The second-order valence-electron chi connectivity index (χ2n) is 7.16. The molecule has 31 heavy (non-hydrogen) atoms. The van der Waals surface area contributed by atoms with Crippen molar-refractivity contribution < 1.29 is 28.2 Å². The van der Waals surface area contributed by atoms with Crippen LogP contribution < -0.4 is 5.43 Å². The van der Waals surface area contributed by atoms with Crippen LogP contribution in [0, 0.1) is 6.92 Å². The molecular weight excluding hydrogens is 411 g/mol. The van der Waals surface area contributed by atoms with E-state index in [1.807, 2.05) is 13.0 Å². The van der Waals surface area contributed by atoms with Gasteiger partial charge in [0.15, 0.2) is 0 Å². The van der Waals surface area contributed by atoms with Crippen molar-refractivity contribution >= 4 is 22.5 Å². The number of aryl methyl sites for hydroxylation is 1. The Morgan fingerprint density at radius 3 is 2.58 bits per heavy atom. The number of aliphatic hydroxyl groups excluding tert-OH is 1. The Bertz CT molecular complexity index is 1150. The third-order valence-corrected chi connectivity index (χ3v) is 4.80. The summed E-state index contributed by atoms with van der Waals surface area (Å²) in [6, 6.07) is 10.2. The average molecular weight is 433 g/mol. The number of benzene rings is 2. The predicted octanol–water partition coefficient (Wildman–Crippen LogP) is 4.28. The van der Waals surface area contributed by atoms with E-state index < -0.39 is 17.6 Å². The van der Waals surface area contributed by atoms with Gasteiger partial charge in [-0.1, -0.05) is 18.2 Å². The van der Waals surface area contributed by atoms with Gasteiger partial charge in [0.1, 0.15) is 0 Å². The molecular formula is C22H22F3N3O3. The Balaban J connectivity index is 2.18. The van der Waals surface area contributed by atoms with E-state index in [-0.39, 0.29) is 42.1 Å². The summed E-state index contributed by atoms with van der Waals surface area (Å²) in [6.07, 6.45) is -4.20. The zero-order valence-electron chi connectivity index (χ0n) is 17.0. The summed E-state index contributed by atoms with van der Waals surface area (Å²) in [7, 11) is 0. The van der Waals surface area contributed by atoms with Crippen LogP contribution in [0.15, 0.2) is 47.6 Å². The van der Waals surface area contributed by atoms with Gasteiger partial charge in [-0.3, -0.25) is 9.36 Å². The van der Waals surface area contributed by atoms with Crippen molar-refractivity contribution in [1.82, 2.24) is 9.99 Å². The number of aromatic hydroxyl groups is 1. The monoisotopic (exact) mass is 433 g/mol. The van der Waals surface area contributed by atoms with E-state index in [0.717, 1.165) is 17.7 Å². The molecule has 0 aliphatic heterocycles. The third-order valence-electron chi connectivity index (χ3n) is 4.80. The standard InChI is InChI=1S/C22H22F3N3O3/c1-13-5-3-6-16(11-13)28-18-12-15(22(23,24)25)8-9-17(18)20(21(28)31)14(2)26-27-19(30)7-4-10-29/h3,5-6,8-9,11-12,29,31H,4,7,10H2,1-2H3,(H,27,30)/b26-14-. The molecule has 3 rings (SSSR count). The number of carbonyl (C=O) groups is 1. The predicted molar refractivity (Wildman–Crippen MR) is 111 cm³/mol. The number of hydrogen-bond acceptors (Lipinski definition) is 4. The minimum Gasteiger partial charge on any atom is -0.494 e. The van der Waals surface area contributed by atoms with Crippen molar-refractivity contribution in [2.45, 2.75) is 32.9 Å². The van der Waals surface area contributed by atoms with Gasteiger partial charge in [-0.2, -0.15) is 18.3 Å². The molecule has 3 N–H and O–H groups in total. The lowest BCUT2D eigenvalue weighted by atomic mass is 10.1. The Labute approximate surface area is 176 Å². The van der Waals surface area contributed by atoms with E-state index in [1.54, 1.807) is 25.1 Å². The van der Waals surface area contributed by atoms with E-state index in [0.29, 0.717) is 11.1 Å². The van der Waals surface area contributed by atoms with Crippen LogP contribution in [0.5, 0.6) is 5.88 Å². The number of fused-ring (bicyclic) bond motifs is 1. The topological polar surface area (TPSA) is 86.8 Å². The van der Waals surface area contributed by atoms with Gasteiger partial charge in [0.2, 0.25) is 11.8 Å². The van der Waals surface area contributed by atoms with Gasteiger partial charge in [0.05, 0.1) is 22.4 Å². The molecule has 1 aromatic heterocycles. The second-order valence-corrected chi connectivity index (χ2v) is 7.16. The first-order valence-electron chi connectivity index (χ1n) is 9.59. The minimum absolute atomic E-state index is 0.0687. The lowest BCUT2D eigenvalue weighted by Gasteiger charge is -2.10. The van der Waals surface area contributed by atoms with Crippen LogP contribution in [0.3, 0.4) is 0 Å². The molecule has 164 valence electrons. The molecule has 0 saturated heterocycles. The summed E-state index contributed by atoms with van der Waals surface area (Å²) in [5.74, 6) is -0.708. The zero-order valence-corrected chi connectivity index (χ0v) is 17.0. The second kappa shape index (κ2) is 8.81. The molecule has 0 aliphatic rings. The molecule has 0 saturated carbocycles. The van der Waals surface area contributed by atoms with Crippen LogP contribution in [0.25, 0.3) is 16.6 Å². The lowest BCUT2D eigenvalue weighted by molar-refractivity contribution is -0.137. The highest BCUT2D eigenvalue weighted by molar-refractivity contribution is 6.13. The highest BCUT2D eigenvalue weighted by Crippen LogP contribution is 2.38. The van der Waals surface area contributed by atoms with Crippen LogP contribution in [0.2, 0.25) is 0 Å². The summed E-state index contributed by atoms with van der Waals surface area (Å²) in [6.45, 7) is 3.24. The number of nitrogens with zero attached hydrogens (tertiary/aromatic N) is 2. The van der Waals surface area contributed by atoms with Crippen molar-refractivity contribution in [3.63, 3.8) is 0 Å². The number of aliphatic hydroxyl groups is 1. The largest absolute Gasteiger partial charge is 0.494 e. The third kappa shape index (κ3) is 4.72. The lowest BCUT2D eigenvalue weighted by Crippen LogP contribution is -2.19. The van der Waals surface area contributed by atoms with Gasteiger partial charge in [-0.05, 0) is 50.1 Å². The van der Waals surface area contributed by atoms with Crippen molar-refractivity contribution in [2.24, 2.45) is 5.10 Å². The van der Waals surface area contributed by atoms with Crippen molar-refractivity contribution in [2.75, 3.05) is 6.61 Å². The molecule has 1 heterocycles. The van der Waals surface area contributed by atoms with Gasteiger partial charge in [-0.15, -0.1) is 0 Å². The molecule has 9 heteroatoms. The van der Waals surface area contributed by atoms with Crippen LogP contribution in [-0.4, -0.2) is 33.0 Å². The molecule has 0 aliphatic carbocycles. The number of hydrazone groups is 1. The number of hydrogen-bond donors (Lipinski definition) is 3. The molecule has 2 aromatic carbocycles. The summed E-state index contributed by atoms with van der Waals surface area (Å²) in [5, 5.41) is 24.1. The highest BCUT2D eigenvalue weighted by atomic mass is 19.4. The quantitative estimate of drug-likeness (QED) is 0.401. The van der Waals surface area contributed by atoms with Gasteiger partial charge in [0, 0.05) is 24.1 Å². The van der Waals surface area contributed by atoms with Crippen LogP contribution in [0.1, 0.15) is 36.5 Å². The van der Waals surface area contributed by atoms with Gasteiger partial charge >= 0.3 is 6.18 Å². The number of alkyl halides is 3. The van der Waals surface area contributed by atoms with E-state index in [1.165, 1.54) is 10.6 Å². The molecule has 0 unspecified atom stereocenters. The highest BCUT2D eigenvalue weighted by Gasteiger charge is 2.32. The Hall–Kier alpha value is -3.33. The number of nitrogens with one attached hydrogen (secondary N) is 1. The Morgan fingerprint density at radius 1 is 1.19 bits per heavy atom. The SMILES string of the molecule is C/C(=N/NC(=O)CCCO)c1c(O)n(-c2cccc(C)c2)c2cc(C(F)(F)F)ccc12. The maximum atomic E-state index is 13.3. The van der Waals surface area contributed by atoms with E-state index in [4.69, 9.17) is 5.11 Å². The molecule has 6 nitrogen and oxygen atoms in total. The number of amides is 1. The zero-order chi connectivity index (χ0) is 22.8. The van der Waals surface area contributed by atoms with E-state index >= 15 is 0 Å². The van der Waals surface area contributed by atoms with Crippen molar-refractivity contribution in [1.29, 1.82) is 0 Å². The van der Waals surface area contributed by atoms with Gasteiger partial charge in [-0.25, -0.2) is 5.43 Å². The summed E-state index contributed by atoms with van der Waals surface area (Å²) < 4.78 is 41.3. The number of halogens is 3. The maximum Gasteiger partial charge on any atom is 0.416 e. The summed E-state index contributed by atoms with van der Waals surface area (Å²) in [4.78, 5) is 11.8. The molecule has 0 fully saturated rings. The van der Waals surface area contributed by atoms with Crippen molar-refractivity contribution in [3.05, 3.63) is 59.2 Å². The van der Waals surface area contributed by atoms with Crippen molar-refractivity contribution in [3.8, 4) is 11.6 Å². The fourth-order valence-electron chi connectivity index (χ4n) is 3.33. The number of carbonyl (C=O) groups excluding carboxylic acids is 1. The molecule has 1 amide bonds. The summed E-state index contributed by atoms with van der Waals surface area (Å²) >= 11 is 0. The Kier molecular flexibility index (Phi) is 6.35.